The van der Waals surface area contributed by atoms with Crippen LogP contribution < -0.4 is 5.32 Å². The van der Waals surface area contributed by atoms with Gasteiger partial charge in [-0.25, -0.2) is 0 Å². The number of carbonyl (C=O) groups excluding carboxylic acids is 2. The Hall–Kier alpha value is -3.30. The quantitative estimate of drug-likeness (QED) is 0.254. The van der Waals surface area contributed by atoms with Crippen molar-refractivity contribution in [2.45, 2.75) is 90.9 Å². The molecule has 0 bridgehead atoms. The van der Waals surface area contributed by atoms with Gasteiger partial charge in [0.25, 0.3) is 11.8 Å². The number of rotatable bonds is 10. The van der Waals surface area contributed by atoms with E-state index in [1.807, 2.05) is 17.0 Å². The van der Waals surface area contributed by atoms with Crippen LogP contribution >= 0.6 is 23.2 Å². The van der Waals surface area contributed by atoms with E-state index >= 15 is 0 Å². The van der Waals surface area contributed by atoms with E-state index in [2.05, 4.69) is 53.6 Å². The molecular weight excluding hydrogens is 585 g/mol. The van der Waals surface area contributed by atoms with Crippen molar-refractivity contribution < 1.29 is 9.59 Å². The fourth-order valence-corrected chi connectivity index (χ4v) is 7.05. The molecule has 1 aromatic heterocycles. The molecule has 228 valence electrons. The van der Waals surface area contributed by atoms with Crippen molar-refractivity contribution in [3.05, 3.63) is 75.0 Å². The molecule has 1 aliphatic heterocycles. The molecule has 11 heteroatoms. The molecule has 9 nitrogen and oxygen atoms in total. The van der Waals surface area contributed by atoms with E-state index in [0.717, 1.165) is 50.5 Å². The van der Waals surface area contributed by atoms with Crippen molar-refractivity contribution in [1.29, 1.82) is 0 Å². The van der Waals surface area contributed by atoms with Crippen LogP contribution in [-0.4, -0.2) is 48.7 Å². The van der Waals surface area contributed by atoms with Crippen LogP contribution in [0.3, 0.4) is 0 Å². The third kappa shape index (κ3) is 6.48. The molecular formula is C32H39Cl2N7O2. The van der Waals surface area contributed by atoms with Gasteiger partial charge in [-0.15, -0.1) is 10.2 Å². The van der Waals surface area contributed by atoms with Crippen LogP contribution in [0.2, 0.25) is 10.0 Å². The van der Waals surface area contributed by atoms with E-state index < -0.39 is 5.66 Å². The summed E-state index contributed by atoms with van der Waals surface area (Å²) in [6.45, 7) is 9.23. The number of aromatic amines is 1. The summed E-state index contributed by atoms with van der Waals surface area (Å²) >= 11 is 12.7. The van der Waals surface area contributed by atoms with Gasteiger partial charge in [0.15, 0.2) is 5.82 Å². The first kappa shape index (κ1) is 31.1. The number of nitrogens with one attached hydrogen (secondary N) is 2. The smallest absolute Gasteiger partial charge is 0.275 e. The van der Waals surface area contributed by atoms with E-state index in [4.69, 9.17) is 28.2 Å². The first-order chi connectivity index (χ1) is 20.6. The van der Waals surface area contributed by atoms with Crippen LogP contribution in [0, 0.1) is 11.3 Å². The van der Waals surface area contributed by atoms with Gasteiger partial charge in [0, 0.05) is 21.2 Å². The lowest BCUT2D eigenvalue weighted by Gasteiger charge is -2.48. The highest BCUT2D eigenvalue weighted by Crippen LogP contribution is 2.50. The standard InChI is InChI=1S/C32H39Cl2N7O2/c1-5-7-26(20-8-10-21(11-9-20)29(42)35-19-27-37-39-40-38-27)41-30(43)28(22-16-24(33)18-25(34)17-22)36-32(41)14-12-23(13-15-32)31(3,4)6-2/h8-11,16-18,23,26H,5-7,12-15,19H2,1-4H3,(H,35,42)(H,37,38,39,40)/t23?,26-,32?/m1/s1. The summed E-state index contributed by atoms with van der Waals surface area (Å²) in [6.07, 6.45) is 6.33. The Morgan fingerprint density at radius 1 is 1.12 bits per heavy atom. The molecule has 43 heavy (non-hydrogen) atoms. The van der Waals surface area contributed by atoms with Crippen LogP contribution in [0.4, 0.5) is 0 Å². The van der Waals surface area contributed by atoms with Crippen molar-refractivity contribution in [3.63, 3.8) is 0 Å². The second kappa shape index (κ2) is 12.7. The lowest BCUT2D eigenvalue weighted by Crippen LogP contribution is -2.51. The molecule has 1 atom stereocenters. The lowest BCUT2D eigenvalue weighted by atomic mass is 9.67. The molecule has 1 fully saturated rings. The maximum Gasteiger partial charge on any atom is 0.275 e. The molecule has 1 saturated carbocycles. The summed E-state index contributed by atoms with van der Waals surface area (Å²) in [7, 11) is 0. The molecule has 2 heterocycles. The zero-order chi connectivity index (χ0) is 30.8. The Morgan fingerprint density at radius 2 is 1.79 bits per heavy atom. The van der Waals surface area contributed by atoms with E-state index in [1.165, 1.54) is 0 Å². The van der Waals surface area contributed by atoms with E-state index in [-0.39, 0.29) is 29.8 Å². The molecule has 1 spiro atoms. The number of carbonyl (C=O) groups is 2. The van der Waals surface area contributed by atoms with Crippen molar-refractivity contribution in [2.24, 2.45) is 16.3 Å². The van der Waals surface area contributed by atoms with Crippen LogP contribution in [0.5, 0.6) is 0 Å². The van der Waals surface area contributed by atoms with Crippen molar-refractivity contribution in [2.75, 3.05) is 0 Å². The Labute approximate surface area is 262 Å². The van der Waals surface area contributed by atoms with Gasteiger partial charge in [0.05, 0.1) is 12.6 Å². The number of tetrazole rings is 1. The molecule has 2 aromatic carbocycles. The number of aromatic nitrogens is 4. The Kier molecular flexibility index (Phi) is 9.23. The second-order valence-corrected chi connectivity index (χ2v) is 13.2. The maximum atomic E-state index is 14.4. The molecule has 5 rings (SSSR count). The summed E-state index contributed by atoms with van der Waals surface area (Å²) in [5.74, 6) is 0.624. The number of amides is 2. The fourth-order valence-electron chi connectivity index (χ4n) is 6.52. The minimum absolute atomic E-state index is 0.105. The number of halogens is 2. The first-order valence-corrected chi connectivity index (χ1v) is 15.8. The van der Waals surface area contributed by atoms with Crippen LogP contribution in [0.25, 0.3) is 0 Å². The van der Waals surface area contributed by atoms with Gasteiger partial charge in [-0.1, -0.05) is 81.1 Å². The number of hydrogen-bond acceptors (Lipinski definition) is 6. The molecule has 0 unspecified atom stereocenters. The normalized spacial score (nSPS) is 21.3. The van der Waals surface area contributed by atoms with Crippen molar-refractivity contribution >= 4 is 40.7 Å². The molecule has 1 aliphatic carbocycles. The van der Waals surface area contributed by atoms with Crippen molar-refractivity contribution in [3.8, 4) is 0 Å². The maximum absolute atomic E-state index is 14.4. The zero-order valence-electron chi connectivity index (χ0n) is 25.2. The number of nitrogens with zero attached hydrogens (tertiary/aromatic N) is 5. The molecule has 2 aliphatic rings. The third-order valence-corrected chi connectivity index (χ3v) is 9.79. The highest BCUT2D eigenvalue weighted by atomic mass is 35.5. The number of benzene rings is 2. The summed E-state index contributed by atoms with van der Waals surface area (Å²) < 4.78 is 0. The second-order valence-electron chi connectivity index (χ2n) is 12.3. The Bertz CT molecular complexity index is 1460. The predicted octanol–water partition coefficient (Wildman–Crippen LogP) is 6.93. The van der Waals surface area contributed by atoms with E-state index in [0.29, 0.717) is 38.6 Å². The first-order valence-electron chi connectivity index (χ1n) is 15.1. The van der Waals surface area contributed by atoms with E-state index in [1.54, 1.807) is 30.3 Å². The SMILES string of the molecule is CCC[C@H](c1ccc(C(=O)NCc2nn[nH]n2)cc1)N1C(=O)C(c2cc(Cl)cc(Cl)c2)=NC12CCC(C(C)(C)CC)CC2. The fraction of sp³-hybridized carbons (Fsp3) is 0.500. The van der Waals surface area contributed by atoms with Crippen molar-refractivity contribution in [1.82, 2.24) is 30.8 Å². The monoisotopic (exact) mass is 623 g/mol. The zero-order valence-corrected chi connectivity index (χ0v) is 26.7. The molecule has 2 N–H and O–H groups in total. The molecule has 0 saturated heterocycles. The minimum Gasteiger partial charge on any atom is -0.345 e. The van der Waals surface area contributed by atoms with Gasteiger partial charge < -0.3 is 10.2 Å². The number of H-pyrrole nitrogens is 1. The highest BCUT2D eigenvalue weighted by Gasteiger charge is 2.52. The van der Waals surface area contributed by atoms with Gasteiger partial charge in [-0.3, -0.25) is 14.6 Å². The lowest BCUT2D eigenvalue weighted by molar-refractivity contribution is -0.133. The Morgan fingerprint density at radius 3 is 2.37 bits per heavy atom. The molecule has 0 radical (unpaired) electrons. The molecule has 3 aromatic rings. The summed E-state index contributed by atoms with van der Waals surface area (Å²) in [5.41, 5.74) is 2.12. The van der Waals surface area contributed by atoms with Gasteiger partial charge in [0.1, 0.15) is 11.4 Å². The highest BCUT2D eigenvalue weighted by molar-refractivity contribution is 6.47. The van der Waals surface area contributed by atoms with Gasteiger partial charge in [0.2, 0.25) is 0 Å². The third-order valence-electron chi connectivity index (χ3n) is 9.36. The van der Waals surface area contributed by atoms with Crippen LogP contribution in [-0.2, 0) is 11.3 Å². The van der Waals surface area contributed by atoms with Gasteiger partial charge in [-0.2, -0.15) is 5.21 Å². The Balaban J connectivity index is 1.47. The van der Waals surface area contributed by atoms with E-state index in [9.17, 15) is 9.59 Å². The average Bonchev–Trinajstić information content (AvgIpc) is 3.61. The van der Waals surface area contributed by atoms with Crippen LogP contribution in [0.1, 0.15) is 106 Å². The summed E-state index contributed by atoms with van der Waals surface area (Å²) in [5, 5.41) is 17.4. The average molecular weight is 625 g/mol. The molecule has 2 amide bonds. The topological polar surface area (TPSA) is 116 Å². The van der Waals surface area contributed by atoms with Crippen LogP contribution in [0.15, 0.2) is 47.5 Å². The minimum atomic E-state index is -0.651. The predicted molar refractivity (Wildman–Crippen MR) is 168 cm³/mol. The summed E-state index contributed by atoms with van der Waals surface area (Å²) in [4.78, 5) is 34.5. The number of aliphatic imine (C=N–C) groups is 1. The van der Waals surface area contributed by atoms with Gasteiger partial charge in [-0.05, 0) is 79.3 Å². The summed E-state index contributed by atoms with van der Waals surface area (Å²) in [6, 6.07) is 12.5. The number of hydrogen-bond donors (Lipinski definition) is 2. The van der Waals surface area contributed by atoms with Gasteiger partial charge >= 0.3 is 0 Å². The largest absolute Gasteiger partial charge is 0.345 e.